The number of amides is 1. The van der Waals surface area contributed by atoms with Crippen LogP contribution in [0.1, 0.15) is 17.5 Å². The summed E-state index contributed by atoms with van der Waals surface area (Å²) >= 11 is 0. The molecular weight excluding hydrogens is 405 g/mol. The molecule has 31 heavy (non-hydrogen) atoms. The average molecular weight is 432 g/mol. The minimum absolute atomic E-state index is 0.0379. The highest BCUT2D eigenvalue weighted by Gasteiger charge is 2.38. The molecule has 2 saturated heterocycles. The minimum atomic E-state index is -4.36. The number of alkyl halides is 3. The van der Waals surface area contributed by atoms with Crippen molar-refractivity contribution in [2.45, 2.75) is 31.2 Å². The Bertz CT molecular complexity index is 897. The molecule has 2 fully saturated rings. The lowest BCUT2D eigenvalue weighted by atomic mass is 10.1. The molecule has 1 amide bonds. The summed E-state index contributed by atoms with van der Waals surface area (Å²) in [5.41, 5.74) is 7.20. The van der Waals surface area contributed by atoms with Gasteiger partial charge in [0.1, 0.15) is 0 Å². The molecule has 2 aliphatic heterocycles. The minimum Gasteiger partial charge on any atom is -0.368 e. The van der Waals surface area contributed by atoms with E-state index in [0.29, 0.717) is 51.4 Å². The topological polar surface area (TPSA) is 52.8 Å². The number of anilines is 1. The average Bonchev–Trinajstić information content (AvgIpc) is 3.13. The lowest BCUT2D eigenvalue weighted by Crippen LogP contribution is -2.53. The van der Waals surface area contributed by atoms with Crippen molar-refractivity contribution in [2.75, 3.05) is 37.6 Å². The second kappa shape index (κ2) is 8.88. The number of nitrogens with two attached hydrogens (primary N) is 1. The SMILES string of the molecule is N[C@@H]1C[C@@H](C(=O)N2CCN(c3cccc(C(F)(F)F)c3)CC2)N(Cc2ccccc2)C1. The third-order valence-corrected chi connectivity index (χ3v) is 6.08. The first kappa shape index (κ1) is 21.6. The molecule has 0 spiro atoms. The van der Waals surface area contributed by atoms with Crippen molar-refractivity contribution in [1.82, 2.24) is 9.80 Å². The van der Waals surface area contributed by atoms with E-state index < -0.39 is 11.7 Å². The largest absolute Gasteiger partial charge is 0.416 e. The van der Waals surface area contributed by atoms with Crippen molar-refractivity contribution >= 4 is 11.6 Å². The van der Waals surface area contributed by atoms with Crippen molar-refractivity contribution in [2.24, 2.45) is 5.73 Å². The van der Waals surface area contributed by atoms with Gasteiger partial charge >= 0.3 is 6.18 Å². The van der Waals surface area contributed by atoms with Crippen LogP contribution in [0.2, 0.25) is 0 Å². The Morgan fingerprint density at radius 3 is 2.39 bits per heavy atom. The molecule has 8 heteroatoms. The maximum atomic E-state index is 13.2. The summed E-state index contributed by atoms with van der Waals surface area (Å²) in [6.07, 6.45) is -3.74. The lowest BCUT2D eigenvalue weighted by Gasteiger charge is -2.38. The van der Waals surface area contributed by atoms with Crippen LogP contribution < -0.4 is 10.6 Å². The summed E-state index contributed by atoms with van der Waals surface area (Å²) < 4.78 is 39.0. The Labute approximate surface area is 180 Å². The van der Waals surface area contributed by atoms with E-state index in [1.54, 1.807) is 6.07 Å². The number of rotatable bonds is 4. The maximum absolute atomic E-state index is 13.2. The number of nitrogens with zero attached hydrogens (tertiary/aromatic N) is 3. The van der Waals surface area contributed by atoms with Crippen molar-refractivity contribution in [3.63, 3.8) is 0 Å². The predicted molar refractivity (Wildman–Crippen MR) is 113 cm³/mol. The normalized spacial score (nSPS) is 22.7. The number of hydrogen-bond acceptors (Lipinski definition) is 4. The zero-order chi connectivity index (χ0) is 22.0. The molecule has 5 nitrogen and oxygen atoms in total. The first-order valence-corrected chi connectivity index (χ1v) is 10.6. The smallest absolute Gasteiger partial charge is 0.368 e. The number of hydrogen-bond donors (Lipinski definition) is 1. The van der Waals surface area contributed by atoms with E-state index in [2.05, 4.69) is 4.90 Å². The molecule has 2 atom stereocenters. The van der Waals surface area contributed by atoms with Crippen LogP contribution in [-0.4, -0.2) is 60.5 Å². The van der Waals surface area contributed by atoms with E-state index in [4.69, 9.17) is 5.73 Å². The van der Waals surface area contributed by atoms with Gasteiger partial charge in [-0.3, -0.25) is 9.69 Å². The number of carbonyl (C=O) groups is 1. The summed E-state index contributed by atoms with van der Waals surface area (Å²) in [4.78, 5) is 19.1. The third kappa shape index (κ3) is 5.02. The summed E-state index contributed by atoms with van der Waals surface area (Å²) in [6, 6.07) is 15.1. The van der Waals surface area contributed by atoms with Gasteiger partial charge in [-0.2, -0.15) is 13.2 Å². The zero-order valence-electron chi connectivity index (χ0n) is 17.3. The molecule has 2 aromatic rings. The van der Waals surface area contributed by atoms with Gasteiger partial charge in [0.15, 0.2) is 0 Å². The third-order valence-electron chi connectivity index (χ3n) is 6.08. The standard InChI is InChI=1S/C23H27F3N4O/c24-23(25,26)18-7-4-8-20(13-18)28-9-11-29(12-10-28)22(31)21-14-19(27)16-30(21)15-17-5-2-1-3-6-17/h1-8,13,19,21H,9-12,14-16,27H2/t19-,21+/m1/s1. The predicted octanol–water partition coefficient (Wildman–Crippen LogP) is 2.96. The van der Waals surface area contributed by atoms with Crippen molar-refractivity contribution in [3.05, 3.63) is 65.7 Å². The molecule has 4 rings (SSSR count). The molecule has 0 aliphatic carbocycles. The highest BCUT2D eigenvalue weighted by molar-refractivity contribution is 5.82. The van der Waals surface area contributed by atoms with Gasteiger partial charge in [-0.25, -0.2) is 0 Å². The summed E-state index contributed by atoms with van der Waals surface area (Å²) in [7, 11) is 0. The van der Waals surface area contributed by atoms with Crippen LogP contribution in [0.15, 0.2) is 54.6 Å². The van der Waals surface area contributed by atoms with Gasteiger partial charge in [0, 0.05) is 51.0 Å². The second-order valence-corrected chi connectivity index (χ2v) is 8.29. The lowest BCUT2D eigenvalue weighted by molar-refractivity contribution is -0.137. The zero-order valence-corrected chi connectivity index (χ0v) is 17.3. The first-order chi connectivity index (χ1) is 14.8. The fourth-order valence-corrected chi connectivity index (χ4v) is 4.46. The fourth-order valence-electron chi connectivity index (χ4n) is 4.46. The summed E-state index contributed by atoms with van der Waals surface area (Å²) in [6.45, 7) is 3.33. The molecule has 2 aromatic carbocycles. The number of benzene rings is 2. The molecule has 2 heterocycles. The Morgan fingerprint density at radius 2 is 1.71 bits per heavy atom. The van der Waals surface area contributed by atoms with Gasteiger partial charge in [0.25, 0.3) is 0 Å². The molecule has 0 bridgehead atoms. The summed E-state index contributed by atoms with van der Waals surface area (Å²) in [5.74, 6) is 0.0626. The van der Waals surface area contributed by atoms with Gasteiger partial charge in [-0.15, -0.1) is 0 Å². The van der Waals surface area contributed by atoms with Gasteiger partial charge < -0.3 is 15.5 Å². The molecule has 2 N–H and O–H groups in total. The first-order valence-electron chi connectivity index (χ1n) is 10.6. The van der Waals surface area contributed by atoms with Crippen LogP contribution in [0.25, 0.3) is 0 Å². The Balaban J connectivity index is 1.38. The summed E-state index contributed by atoms with van der Waals surface area (Å²) in [5, 5.41) is 0. The van der Waals surface area contributed by atoms with E-state index in [-0.39, 0.29) is 18.0 Å². The van der Waals surface area contributed by atoms with Crippen molar-refractivity contribution in [3.8, 4) is 0 Å². The molecule has 0 unspecified atom stereocenters. The molecule has 2 aliphatic rings. The highest BCUT2D eigenvalue weighted by Crippen LogP contribution is 2.32. The second-order valence-electron chi connectivity index (χ2n) is 8.29. The van der Waals surface area contributed by atoms with Crippen LogP contribution in [0.5, 0.6) is 0 Å². The number of carbonyl (C=O) groups excluding carboxylic acids is 1. The van der Waals surface area contributed by atoms with E-state index in [9.17, 15) is 18.0 Å². The molecule has 0 radical (unpaired) electrons. The fraction of sp³-hybridized carbons (Fsp3) is 0.435. The van der Waals surface area contributed by atoms with Gasteiger partial charge in [-0.05, 0) is 30.2 Å². The van der Waals surface area contributed by atoms with Gasteiger partial charge in [-0.1, -0.05) is 36.4 Å². The number of halogens is 3. The molecular formula is C23H27F3N4O. The Morgan fingerprint density at radius 1 is 1.00 bits per heavy atom. The number of piperazine rings is 1. The Hall–Kier alpha value is -2.58. The highest BCUT2D eigenvalue weighted by atomic mass is 19.4. The van der Waals surface area contributed by atoms with Crippen molar-refractivity contribution < 1.29 is 18.0 Å². The van der Waals surface area contributed by atoms with Gasteiger partial charge in [0.05, 0.1) is 11.6 Å². The van der Waals surface area contributed by atoms with E-state index in [1.807, 2.05) is 40.1 Å². The quantitative estimate of drug-likeness (QED) is 0.807. The monoisotopic (exact) mass is 432 g/mol. The van der Waals surface area contributed by atoms with Crippen LogP contribution in [0, 0.1) is 0 Å². The molecule has 0 saturated carbocycles. The van der Waals surface area contributed by atoms with Crippen LogP contribution >= 0.6 is 0 Å². The van der Waals surface area contributed by atoms with E-state index in [1.165, 1.54) is 12.1 Å². The van der Waals surface area contributed by atoms with Crippen LogP contribution in [0.4, 0.5) is 18.9 Å². The van der Waals surface area contributed by atoms with Crippen LogP contribution in [-0.2, 0) is 17.5 Å². The number of likely N-dealkylation sites (tertiary alicyclic amines) is 1. The molecule has 166 valence electrons. The Kier molecular flexibility index (Phi) is 6.20. The molecule has 0 aromatic heterocycles. The maximum Gasteiger partial charge on any atom is 0.416 e. The van der Waals surface area contributed by atoms with Gasteiger partial charge in [0.2, 0.25) is 5.91 Å². The van der Waals surface area contributed by atoms with Crippen molar-refractivity contribution in [1.29, 1.82) is 0 Å². The van der Waals surface area contributed by atoms with E-state index in [0.717, 1.165) is 11.6 Å². The van der Waals surface area contributed by atoms with Crippen LogP contribution in [0.3, 0.4) is 0 Å². The van der Waals surface area contributed by atoms with E-state index >= 15 is 0 Å².